The highest BCUT2D eigenvalue weighted by molar-refractivity contribution is 6.08. The van der Waals surface area contributed by atoms with Crippen molar-refractivity contribution >= 4 is 21.5 Å². The number of hydrogen-bond donors (Lipinski definition) is 0. The second kappa shape index (κ2) is 8.62. The van der Waals surface area contributed by atoms with Crippen LogP contribution in [0.25, 0.3) is 66.1 Å². The summed E-state index contributed by atoms with van der Waals surface area (Å²) in [5.41, 5.74) is 14.9. The normalized spacial score (nSPS) is 14.0. The van der Waals surface area contributed by atoms with Gasteiger partial charge in [-0.05, 0) is 90.0 Å². The summed E-state index contributed by atoms with van der Waals surface area (Å²) in [7, 11) is 0. The fraction of sp³-hybridized carbons (Fsp3) is 0.0222. The Labute approximate surface area is 267 Å². The van der Waals surface area contributed by atoms with Crippen LogP contribution >= 0.6 is 0 Å². The van der Waals surface area contributed by atoms with Crippen LogP contribution in [0.5, 0.6) is 11.5 Å². The third-order valence-corrected chi connectivity index (χ3v) is 10.7. The van der Waals surface area contributed by atoms with Gasteiger partial charge in [0.1, 0.15) is 11.5 Å². The van der Waals surface area contributed by atoms with Crippen molar-refractivity contribution in [3.05, 3.63) is 180 Å². The Bertz CT molecular complexity index is 2580. The Morgan fingerprint density at radius 2 is 1.00 bits per heavy atom. The van der Waals surface area contributed by atoms with Gasteiger partial charge in [0.15, 0.2) is 0 Å². The summed E-state index contributed by atoms with van der Waals surface area (Å²) < 4.78 is 6.80. The molecule has 11 rings (SSSR count). The van der Waals surface area contributed by atoms with E-state index in [2.05, 4.69) is 158 Å². The van der Waals surface area contributed by atoms with Gasteiger partial charge in [-0.1, -0.05) is 140 Å². The van der Waals surface area contributed by atoms with Gasteiger partial charge in [0, 0.05) is 16.5 Å². The van der Waals surface area contributed by atoms with Crippen LogP contribution in [0.3, 0.4) is 0 Å². The summed E-state index contributed by atoms with van der Waals surface area (Å²) in [6.07, 6.45) is 0. The average Bonchev–Trinajstić information content (AvgIpc) is 3.59. The highest BCUT2D eigenvalue weighted by atomic mass is 16.5. The molecule has 0 saturated carbocycles. The van der Waals surface area contributed by atoms with Gasteiger partial charge in [0.2, 0.25) is 0 Å². The summed E-state index contributed by atoms with van der Waals surface area (Å²) in [6.45, 7) is 0. The standard InChI is InChI=1S/C45H26O/c1-2-12-30-27(10-1)20-25-37-34-24-22-29(31-23-21-28-11-9-16-36-35-15-5-8-19-41(35)46-44(31)42(28)36)26-40(34)45(43(30)37)38-17-6-3-13-32(38)33-14-4-7-18-39(33)45/h1-26H. The topological polar surface area (TPSA) is 9.23 Å². The Morgan fingerprint density at radius 1 is 0.391 bits per heavy atom. The average molecular weight is 583 g/mol. The molecule has 1 aliphatic heterocycles. The molecule has 0 radical (unpaired) electrons. The van der Waals surface area contributed by atoms with E-state index in [1.54, 1.807) is 0 Å². The molecular weight excluding hydrogens is 556 g/mol. The minimum absolute atomic E-state index is 0.429. The van der Waals surface area contributed by atoms with Crippen LogP contribution in [0.2, 0.25) is 0 Å². The van der Waals surface area contributed by atoms with Gasteiger partial charge in [-0.15, -0.1) is 0 Å². The molecule has 0 amide bonds. The van der Waals surface area contributed by atoms with Crippen LogP contribution in [0.4, 0.5) is 0 Å². The lowest BCUT2D eigenvalue weighted by atomic mass is 9.69. The van der Waals surface area contributed by atoms with E-state index in [4.69, 9.17) is 4.74 Å². The van der Waals surface area contributed by atoms with Crippen molar-refractivity contribution in [2.75, 3.05) is 0 Å². The van der Waals surface area contributed by atoms with Crippen molar-refractivity contribution in [3.63, 3.8) is 0 Å². The zero-order valence-electron chi connectivity index (χ0n) is 24.9. The Balaban J connectivity index is 1.25. The largest absolute Gasteiger partial charge is 0.455 e. The maximum atomic E-state index is 6.80. The first-order valence-corrected chi connectivity index (χ1v) is 16.0. The summed E-state index contributed by atoms with van der Waals surface area (Å²) >= 11 is 0. The molecule has 8 aromatic carbocycles. The maximum absolute atomic E-state index is 6.80. The summed E-state index contributed by atoms with van der Waals surface area (Å²) in [5.74, 6) is 1.85. The molecule has 0 unspecified atom stereocenters. The number of ether oxygens (including phenoxy) is 1. The van der Waals surface area contributed by atoms with E-state index in [9.17, 15) is 0 Å². The van der Waals surface area contributed by atoms with Crippen LogP contribution < -0.4 is 4.74 Å². The molecule has 1 heteroatoms. The highest BCUT2D eigenvalue weighted by Crippen LogP contribution is 2.64. The van der Waals surface area contributed by atoms with E-state index < -0.39 is 5.41 Å². The first-order chi connectivity index (χ1) is 22.8. The van der Waals surface area contributed by atoms with Crippen molar-refractivity contribution in [2.24, 2.45) is 0 Å². The molecule has 0 aromatic heterocycles. The first-order valence-electron chi connectivity index (χ1n) is 16.0. The molecule has 3 aliphatic rings. The minimum Gasteiger partial charge on any atom is -0.455 e. The van der Waals surface area contributed by atoms with Crippen LogP contribution in [-0.4, -0.2) is 0 Å². The number of hydrogen-bond acceptors (Lipinski definition) is 1. The van der Waals surface area contributed by atoms with Crippen molar-refractivity contribution in [1.29, 1.82) is 0 Å². The fourth-order valence-electron chi connectivity index (χ4n) is 8.88. The highest BCUT2D eigenvalue weighted by Gasteiger charge is 2.52. The molecule has 0 fully saturated rings. The lowest BCUT2D eigenvalue weighted by molar-refractivity contribution is 0.489. The van der Waals surface area contributed by atoms with Gasteiger partial charge in [-0.3, -0.25) is 0 Å². The third-order valence-electron chi connectivity index (χ3n) is 10.7. The lowest BCUT2D eigenvalue weighted by Gasteiger charge is -2.32. The van der Waals surface area contributed by atoms with E-state index in [1.165, 1.54) is 77.2 Å². The van der Waals surface area contributed by atoms with E-state index in [0.717, 1.165) is 22.6 Å². The molecule has 8 aromatic rings. The van der Waals surface area contributed by atoms with E-state index in [0.29, 0.717) is 0 Å². The molecule has 0 atom stereocenters. The number of para-hydroxylation sites is 1. The predicted octanol–water partition coefficient (Wildman–Crippen LogP) is 11.8. The Hall–Kier alpha value is -5.92. The minimum atomic E-state index is -0.429. The zero-order chi connectivity index (χ0) is 30.0. The quantitative estimate of drug-likeness (QED) is 0.187. The van der Waals surface area contributed by atoms with E-state index in [-0.39, 0.29) is 0 Å². The molecule has 212 valence electrons. The Morgan fingerprint density at radius 3 is 1.85 bits per heavy atom. The fourth-order valence-corrected chi connectivity index (χ4v) is 8.88. The molecule has 1 spiro atoms. The van der Waals surface area contributed by atoms with Gasteiger partial charge in [0.05, 0.1) is 5.41 Å². The van der Waals surface area contributed by atoms with Crippen LogP contribution in [0.1, 0.15) is 22.3 Å². The number of benzene rings is 8. The molecule has 1 nitrogen and oxygen atoms in total. The SMILES string of the molecule is c1ccc2c(c1)Oc1c(-c3ccc4c(c3)C3(c5ccccc5-c5ccccc53)c3c-4ccc4ccccc34)ccc3cccc-2c13. The summed E-state index contributed by atoms with van der Waals surface area (Å²) in [4.78, 5) is 0. The van der Waals surface area contributed by atoms with Crippen molar-refractivity contribution in [2.45, 2.75) is 5.41 Å². The van der Waals surface area contributed by atoms with Gasteiger partial charge in [0.25, 0.3) is 0 Å². The predicted molar refractivity (Wildman–Crippen MR) is 189 cm³/mol. The molecule has 1 heterocycles. The number of fused-ring (bicyclic) bond motifs is 14. The van der Waals surface area contributed by atoms with Crippen molar-refractivity contribution < 1.29 is 4.74 Å². The van der Waals surface area contributed by atoms with Crippen LogP contribution in [0.15, 0.2) is 158 Å². The summed E-state index contributed by atoms with van der Waals surface area (Å²) in [5, 5.41) is 4.96. The third kappa shape index (κ3) is 2.87. The molecule has 0 bridgehead atoms. The van der Waals surface area contributed by atoms with Gasteiger partial charge in [-0.25, -0.2) is 0 Å². The second-order valence-electron chi connectivity index (χ2n) is 12.8. The molecule has 0 saturated heterocycles. The molecule has 2 aliphatic carbocycles. The van der Waals surface area contributed by atoms with Gasteiger partial charge < -0.3 is 4.74 Å². The van der Waals surface area contributed by atoms with Crippen molar-refractivity contribution in [1.82, 2.24) is 0 Å². The van der Waals surface area contributed by atoms with Crippen molar-refractivity contribution in [3.8, 4) is 56.0 Å². The van der Waals surface area contributed by atoms with Gasteiger partial charge in [-0.2, -0.15) is 0 Å². The monoisotopic (exact) mass is 582 g/mol. The van der Waals surface area contributed by atoms with Gasteiger partial charge >= 0.3 is 0 Å². The zero-order valence-corrected chi connectivity index (χ0v) is 24.9. The molecular formula is C45H26O. The lowest BCUT2D eigenvalue weighted by Crippen LogP contribution is -2.26. The second-order valence-corrected chi connectivity index (χ2v) is 12.8. The van der Waals surface area contributed by atoms with E-state index >= 15 is 0 Å². The summed E-state index contributed by atoms with van der Waals surface area (Å²) in [6, 6.07) is 58.2. The van der Waals surface area contributed by atoms with E-state index in [1.807, 2.05) is 0 Å². The van der Waals surface area contributed by atoms with Crippen LogP contribution in [-0.2, 0) is 5.41 Å². The maximum Gasteiger partial charge on any atom is 0.143 e. The smallest absolute Gasteiger partial charge is 0.143 e. The molecule has 0 N–H and O–H groups in total. The van der Waals surface area contributed by atoms with Crippen LogP contribution in [0, 0.1) is 0 Å². The molecule has 46 heavy (non-hydrogen) atoms. The Kier molecular flexibility index (Phi) is 4.57. The first kappa shape index (κ1) is 24.4. The number of rotatable bonds is 1.